The summed E-state index contributed by atoms with van der Waals surface area (Å²) in [6.45, 7) is 0.340. The molecule has 0 bridgehead atoms. The molecule has 0 amide bonds. The third-order valence-corrected chi connectivity index (χ3v) is 6.85. The topological polar surface area (TPSA) is 84.2 Å². The van der Waals surface area contributed by atoms with Gasteiger partial charge in [0.2, 0.25) is 10.0 Å². The summed E-state index contributed by atoms with van der Waals surface area (Å²) >= 11 is 5.97. The molecule has 0 unspecified atom stereocenters. The molecule has 1 aliphatic rings. The zero-order valence-corrected chi connectivity index (χ0v) is 17.1. The van der Waals surface area contributed by atoms with Gasteiger partial charge in [-0.05, 0) is 61.9 Å². The maximum absolute atomic E-state index is 13.3. The predicted molar refractivity (Wildman–Crippen MR) is 110 cm³/mol. The summed E-state index contributed by atoms with van der Waals surface area (Å²) in [5, 5.41) is 3.91. The molecule has 0 aliphatic heterocycles. The quantitative estimate of drug-likeness (QED) is 0.590. The van der Waals surface area contributed by atoms with Crippen LogP contribution in [0.3, 0.4) is 0 Å². The van der Waals surface area contributed by atoms with Gasteiger partial charge in [0.1, 0.15) is 11.3 Å². The molecule has 0 spiro atoms. The molecule has 4 rings (SSSR count). The van der Waals surface area contributed by atoms with Gasteiger partial charge < -0.3 is 9.73 Å². The van der Waals surface area contributed by atoms with Gasteiger partial charge in [0.15, 0.2) is 5.58 Å². The minimum Gasteiger partial charge on any atom is -0.423 e. The SMILES string of the molecule is O=S(=O)(NC[C@H]1CC[C@H](Nc2nc3ccc(Cl)cc3o2)CC1)c1cccc(F)c1. The Hall–Kier alpha value is -2.16. The number of benzene rings is 2. The van der Waals surface area contributed by atoms with Crippen molar-refractivity contribution in [2.75, 3.05) is 11.9 Å². The van der Waals surface area contributed by atoms with Crippen molar-refractivity contribution in [3.63, 3.8) is 0 Å². The monoisotopic (exact) mass is 437 g/mol. The fraction of sp³-hybridized carbons (Fsp3) is 0.350. The lowest BCUT2D eigenvalue weighted by atomic mass is 9.86. The Labute approximate surface area is 173 Å². The number of rotatable bonds is 6. The Morgan fingerprint density at radius 2 is 1.93 bits per heavy atom. The fourth-order valence-electron chi connectivity index (χ4n) is 3.59. The number of sulfonamides is 1. The van der Waals surface area contributed by atoms with E-state index in [1.165, 1.54) is 18.2 Å². The summed E-state index contributed by atoms with van der Waals surface area (Å²) in [5.41, 5.74) is 1.39. The van der Waals surface area contributed by atoms with Gasteiger partial charge in [-0.15, -0.1) is 0 Å². The Morgan fingerprint density at radius 3 is 2.69 bits per heavy atom. The number of oxazole rings is 1. The number of fused-ring (bicyclic) bond motifs is 1. The lowest BCUT2D eigenvalue weighted by Crippen LogP contribution is -2.34. The van der Waals surface area contributed by atoms with Crippen LogP contribution in [0.4, 0.5) is 10.4 Å². The van der Waals surface area contributed by atoms with Crippen LogP contribution in [0.15, 0.2) is 51.8 Å². The lowest BCUT2D eigenvalue weighted by Gasteiger charge is -2.28. The fourth-order valence-corrected chi connectivity index (χ4v) is 4.90. The molecule has 0 atom stereocenters. The highest BCUT2D eigenvalue weighted by atomic mass is 35.5. The van der Waals surface area contributed by atoms with E-state index in [4.69, 9.17) is 16.0 Å². The summed E-state index contributed by atoms with van der Waals surface area (Å²) in [6.07, 6.45) is 3.50. The van der Waals surface area contributed by atoms with Gasteiger partial charge in [-0.2, -0.15) is 4.98 Å². The van der Waals surface area contributed by atoms with Crippen LogP contribution in [0, 0.1) is 11.7 Å². The average Bonchev–Trinajstić information content (AvgIpc) is 3.09. The van der Waals surface area contributed by atoms with Crippen molar-refractivity contribution in [1.82, 2.24) is 9.71 Å². The van der Waals surface area contributed by atoms with E-state index in [0.717, 1.165) is 37.3 Å². The van der Waals surface area contributed by atoms with Gasteiger partial charge in [-0.25, -0.2) is 17.5 Å². The van der Waals surface area contributed by atoms with Gasteiger partial charge >= 0.3 is 0 Å². The number of hydrogen-bond donors (Lipinski definition) is 2. The first-order valence-corrected chi connectivity index (χ1v) is 11.3. The molecule has 2 aromatic carbocycles. The molecule has 154 valence electrons. The molecule has 0 saturated heterocycles. The summed E-state index contributed by atoms with van der Waals surface area (Å²) in [4.78, 5) is 4.37. The second kappa shape index (κ2) is 8.30. The Morgan fingerprint density at radius 1 is 1.14 bits per heavy atom. The smallest absolute Gasteiger partial charge is 0.295 e. The van der Waals surface area contributed by atoms with Crippen molar-refractivity contribution in [2.24, 2.45) is 5.92 Å². The Bertz CT molecular complexity index is 1110. The normalized spacial score (nSPS) is 20.1. The van der Waals surface area contributed by atoms with Crippen molar-refractivity contribution in [1.29, 1.82) is 0 Å². The molecule has 1 aromatic heterocycles. The molecular formula is C20H21ClFN3O3S. The van der Waals surface area contributed by atoms with E-state index in [1.54, 1.807) is 12.1 Å². The molecule has 1 fully saturated rings. The maximum atomic E-state index is 13.3. The largest absolute Gasteiger partial charge is 0.423 e. The van der Waals surface area contributed by atoms with Crippen molar-refractivity contribution < 1.29 is 17.2 Å². The standard InChI is InChI=1S/C20H21ClFN3O3S/c21-14-6-9-18-19(10-14)28-20(25-18)24-16-7-4-13(5-8-16)12-23-29(26,27)17-3-1-2-15(22)11-17/h1-3,6,9-11,13,16,23H,4-5,7-8,12H2,(H,24,25)/t13-,16-. The molecule has 1 saturated carbocycles. The highest BCUT2D eigenvalue weighted by molar-refractivity contribution is 7.89. The van der Waals surface area contributed by atoms with Crippen molar-refractivity contribution in [2.45, 2.75) is 36.6 Å². The highest BCUT2D eigenvalue weighted by Gasteiger charge is 2.24. The molecule has 9 heteroatoms. The number of anilines is 1. The number of nitrogens with one attached hydrogen (secondary N) is 2. The van der Waals surface area contributed by atoms with Crippen LogP contribution < -0.4 is 10.0 Å². The molecule has 6 nitrogen and oxygen atoms in total. The van der Waals surface area contributed by atoms with Crippen molar-refractivity contribution >= 4 is 38.7 Å². The molecular weight excluding hydrogens is 417 g/mol. The van der Waals surface area contributed by atoms with E-state index in [0.29, 0.717) is 23.2 Å². The second-order valence-corrected chi connectivity index (χ2v) is 9.51. The molecule has 0 radical (unpaired) electrons. The molecule has 29 heavy (non-hydrogen) atoms. The number of aromatic nitrogens is 1. The van der Waals surface area contributed by atoms with Crippen molar-refractivity contribution in [3.8, 4) is 0 Å². The highest BCUT2D eigenvalue weighted by Crippen LogP contribution is 2.28. The molecule has 1 heterocycles. The summed E-state index contributed by atoms with van der Waals surface area (Å²) in [7, 11) is -3.70. The first-order valence-electron chi connectivity index (χ1n) is 9.47. The van der Waals surface area contributed by atoms with Crippen LogP contribution in [0.2, 0.25) is 5.02 Å². The van der Waals surface area contributed by atoms with Crippen molar-refractivity contribution in [3.05, 3.63) is 53.3 Å². The van der Waals surface area contributed by atoms with Gasteiger partial charge in [-0.3, -0.25) is 0 Å². The Balaban J connectivity index is 1.29. The first kappa shape index (κ1) is 20.1. The van der Waals surface area contributed by atoms with E-state index < -0.39 is 15.8 Å². The number of hydrogen-bond acceptors (Lipinski definition) is 5. The zero-order valence-electron chi connectivity index (χ0n) is 15.6. The second-order valence-electron chi connectivity index (χ2n) is 7.30. The van der Waals surface area contributed by atoms with Crippen LogP contribution in [-0.2, 0) is 10.0 Å². The van der Waals surface area contributed by atoms with Crippen LogP contribution in [-0.4, -0.2) is 26.0 Å². The van der Waals surface area contributed by atoms with E-state index in [-0.39, 0.29) is 16.9 Å². The molecule has 3 aromatic rings. The summed E-state index contributed by atoms with van der Waals surface area (Å²) < 4.78 is 46.2. The predicted octanol–water partition coefficient (Wildman–Crippen LogP) is 4.57. The van der Waals surface area contributed by atoms with E-state index >= 15 is 0 Å². The zero-order chi connectivity index (χ0) is 20.4. The van der Waals surface area contributed by atoms with Crippen LogP contribution >= 0.6 is 11.6 Å². The summed E-state index contributed by atoms with van der Waals surface area (Å²) in [6, 6.07) is 11.0. The van der Waals surface area contributed by atoms with E-state index in [2.05, 4.69) is 15.0 Å². The maximum Gasteiger partial charge on any atom is 0.295 e. The van der Waals surface area contributed by atoms with Gasteiger partial charge in [0, 0.05) is 23.7 Å². The van der Waals surface area contributed by atoms with Gasteiger partial charge in [0.25, 0.3) is 6.01 Å². The van der Waals surface area contributed by atoms with Gasteiger partial charge in [-0.1, -0.05) is 17.7 Å². The lowest BCUT2D eigenvalue weighted by molar-refractivity contribution is 0.334. The minimum atomic E-state index is -3.70. The third-order valence-electron chi connectivity index (χ3n) is 5.19. The molecule has 1 aliphatic carbocycles. The van der Waals surface area contributed by atoms with Gasteiger partial charge in [0.05, 0.1) is 4.90 Å². The summed E-state index contributed by atoms with van der Waals surface area (Å²) in [5.74, 6) is -0.334. The third kappa shape index (κ3) is 4.88. The Kier molecular flexibility index (Phi) is 5.76. The van der Waals surface area contributed by atoms with E-state index in [1.807, 2.05) is 6.07 Å². The van der Waals surface area contributed by atoms with Crippen LogP contribution in [0.25, 0.3) is 11.1 Å². The number of halogens is 2. The average molecular weight is 438 g/mol. The van der Waals surface area contributed by atoms with E-state index in [9.17, 15) is 12.8 Å². The first-order chi connectivity index (χ1) is 13.9. The number of nitrogens with zero attached hydrogens (tertiary/aromatic N) is 1. The van der Waals surface area contributed by atoms with Crippen LogP contribution in [0.1, 0.15) is 25.7 Å². The minimum absolute atomic E-state index is 0.0519. The van der Waals surface area contributed by atoms with Crippen LogP contribution in [0.5, 0.6) is 0 Å². The molecule has 2 N–H and O–H groups in total.